The second-order valence-electron chi connectivity index (χ2n) is 4.34. The fourth-order valence-electron chi connectivity index (χ4n) is 1.78. The van der Waals surface area contributed by atoms with Crippen LogP contribution >= 0.6 is 0 Å². The summed E-state index contributed by atoms with van der Waals surface area (Å²) in [5.41, 5.74) is 0. The summed E-state index contributed by atoms with van der Waals surface area (Å²) < 4.78 is 0. The summed E-state index contributed by atoms with van der Waals surface area (Å²) in [5, 5.41) is 2.95. The van der Waals surface area contributed by atoms with E-state index in [0.29, 0.717) is 5.95 Å². The van der Waals surface area contributed by atoms with Gasteiger partial charge in [0.2, 0.25) is 5.95 Å². The van der Waals surface area contributed by atoms with E-state index in [0.717, 1.165) is 24.2 Å². The van der Waals surface area contributed by atoms with Crippen LogP contribution in [0.5, 0.6) is 0 Å². The molecule has 0 saturated heterocycles. The van der Waals surface area contributed by atoms with Gasteiger partial charge in [-0.3, -0.25) is 0 Å². The van der Waals surface area contributed by atoms with Gasteiger partial charge in [0.15, 0.2) is 0 Å². The van der Waals surface area contributed by atoms with Gasteiger partial charge < -0.3 is 10.2 Å². The van der Waals surface area contributed by atoms with Crippen LogP contribution in [0.1, 0.15) is 13.3 Å². The zero-order valence-electron chi connectivity index (χ0n) is 9.57. The third-order valence-electron chi connectivity index (χ3n) is 3.04. The molecule has 2 unspecified atom stereocenters. The lowest BCUT2D eigenvalue weighted by Crippen LogP contribution is -2.22. The molecule has 0 bridgehead atoms. The smallest absolute Gasteiger partial charge is 0.224 e. The molecule has 1 saturated carbocycles. The van der Waals surface area contributed by atoms with E-state index < -0.39 is 0 Å². The van der Waals surface area contributed by atoms with Crippen molar-refractivity contribution in [2.75, 3.05) is 30.9 Å². The second-order valence-corrected chi connectivity index (χ2v) is 4.34. The summed E-state index contributed by atoms with van der Waals surface area (Å²) in [6.07, 6.45) is 3.15. The quantitative estimate of drug-likeness (QED) is 0.812. The van der Waals surface area contributed by atoms with Gasteiger partial charge >= 0.3 is 0 Å². The highest BCUT2D eigenvalue weighted by molar-refractivity contribution is 5.41. The minimum absolute atomic E-state index is 0.684. The Hall–Kier alpha value is -1.32. The Morgan fingerprint density at radius 2 is 2.33 bits per heavy atom. The van der Waals surface area contributed by atoms with Gasteiger partial charge in [0.25, 0.3) is 0 Å². The molecule has 1 aromatic rings. The summed E-state index contributed by atoms with van der Waals surface area (Å²) in [6.45, 7) is 3.40. The van der Waals surface area contributed by atoms with Gasteiger partial charge in [-0.15, -0.1) is 0 Å². The van der Waals surface area contributed by atoms with E-state index in [1.807, 2.05) is 13.1 Å². The fraction of sp³-hybridized carbons (Fsp3) is 0.636. The Balaban J connectivity index is 2.00. The van der Waals surface area contributed by atoms with Gasteiger partial charge in [-0.05, 0) is 24.3 Å². The third-order valence-corrected chi connectivity index (χ3v) is 3.04. The van der Waals surface area contributed by atoms with Crippen molar-refractivity contribution in [3.8, 4) is 0 Å². The summed E-state index contributed by atoms with van der Waals surface area (Å²) in [5.74, 6) is 3.41. The first kappa shape index (κ1) is 10.2. The molecule has 15 heavy (non-hydrogen) atoms. The van der Waals surface area contributed by atoms with E-state index in [1.54, 1.807) is 6.20 Å². The minimum Gasteiger partial charge on any atom is -0.359 e. The second kappa shape index (κ2) is 4.04. The Kier molecular flexibility index (Phi) is 2.75. The predicted molar refractivity (Wildman–Crippen MR) is 62.1 cm³/mol. The summed E-state index contributed by atoms with van der Waals surface area (Å²) in [7, 11) is 3.93. The van der Waals surface area contributed by atoms with E-state index in [2.05, 4.69) is 34.2 Å². The van der Waals surface area contributed by atoms with Crippen molar-refractivity contribution in [1.29, 1.82) is 0 Å². The number of hydrogen-bond acceptors (Lipinski definition) is 4. The van der Waals surface area contributed by atoms with Crippen molar-refractivity contribution in [2.24, 2.45) is 11.8 Å². The first-order valence-corrected chi connectivity index (χ1v) is 5.42. The van der Waals surface area contributed by atoms with Crippen molar-refractivity contribution in [2.45, 2.75) is 13.3 Å². The average Bonchev–Trinajstić information content (AvgIpc) is 2.94. The van der Waals surface area contributed by atoms with Gasteiger partial charge in [0.05, 0.1) is 0 Å². The van der Waals surface area contributed by atoms with Crippen LogP contribution in [0.3, 0.4) is 0 Å². The van der Waals surface area contributed by atoms with Crippen LogP contribution < -0.4 is 10.2 Å². The average molecular weight is 206 g/mol. The summed E-state index contributed by atoms with van der Waals surface area (Å²) in [4.78, 5) is 10.7. The highest BCUT2D eigenvalue weighted by atomic mass is 15.2. The molecule has 0 amide bonds. The summed E-state index contributed by atoms with van der Waals surface area (Å²) in [6, 6.07) is 1.95. The van der Waals surface area contributed by atoms with E-state index in [1.165, 1.54) is 6.42 Å². The zero-order chi connectivity index (χ0) is 10.8. The number of nitrogens with zero attached hydrogens (tertiary/aromatic N) is 3. The SMILES string of the molecule is CNc1nccc(N(C)CC2CC2C)n1. The maximum absolute atomic E-state index is 4.40. The van der Waals surface area contributed by atoms with Crippen LogP contribution in [-0.2, 0) is 0 Å². The van der Waals surface area contributed by atoms with Crippen LogP contribution in [0, 0.1) is 11.8 Å². The molecule has 0 radical (unpaired) electrons. The van der Waals surface area contributed by atoms with Crippen molar-refractivity contribution in [3.05, 3.63) is 12.3 Å². The van der Waals surface area contributed by atoms with Crippen LogP contribution in [-0.4, -0.2) is 30.6 Å². The molecule has 1 N–H and O–H groups in total. The molecular formula is C11H18N4. The van der Waals surface area contributed by atoms with E-state index in [-0.39, 0.29) is 0 Å². The van der Waals surface area contributed by atoms with E-state index in [4.69, 9.17) is 0 Å². The molecule has 82 valence electrons. The minimum atomic E-state index is 0.684. The lowest BCUT2D eigenvalue weighted by atomic mass is 10.3. The third kappa shape index (κ3) is 2.37. The molecule has 0 spiro atoms. The number of aromatic nitrogens is 2. The van der Waals surface area contributed by atoms with E-state index in [9.17, 15) is 0 Å². The van der Waals surface area contributed by atoms with Crippen molar-refractivity contribution < 1.29 is 0 Å². The number of rotatable bonds is 4. The maximum Gasteiger partial charge on any atom is 0.224 e. The molecule has 2 rings (SSSR count). The van der Waals surface area contributed by atoms with Gasteiger partial charge in [0.1, 0.15) is 5.82 Å². The Morgan fingerprint density at radius 3 is 2.93 bits per heavy atom. The number of anilines is 2. The standard InChI is InChI=1S/C11H18N4/c1-8-6-9(8)7-15(3)10-4-5-13-11(12-2)14-10/h4-5,8-9H,6-7H2,1-3H3,(H,12,13,14). The van der Waals surface area contributed by atoms with Crippen molar-refractivity contribution >= 4 is 11.8 Å². The van der Waals surface area contributed by atoms with Crippen LogP contribution in [0.4, 0.5) is 11.8 Å². The first-order chi connectivity index (χ1) is 7.20. The molecule has 1 aromatic heterocycles. The largest absolute Gasteiger partial charge is 0.359 e. The zero-order valence-corrected chi connectivity index (χ0v) is 9.57. The highest BCUT2D eigenvalue weighted by Crippen LogP contribution is 2.38. The van der Waals surface area contributed by atoms with Crippen molar-refractivity contribution in [1.82, 2.24) is 9.97 Å². The van der Waals surface area contributed by atoms with Crippen LogP contribution in [0.25, 0.3) is 0 Å². The molecule has 1 fully saturated rings. The molecule has 4 heteroatoms. The fourth-order valence-corrected chi connectivity index (χ4v) is 1.78. The molecule has 0 aromatic carbocycles. The predicted octanol–water partition coefficient (Wildman–Crippen LogP) is 1.61. The monoisotopic (exact) mass is 206 g/mol. The number of hydrogen-bond donors (Lipinski definition) is 1. The molecule has 4 nitrogen and oxygen atoms in total. The lowest BCUT2D eigenvalue weighted by Gasteiger charge is -2.18. The molecule has 1 aliphatic carbocycles. The molecule has 2 atom stereocenters. The van der Waals surface area contributed by atoms with Gasteiger partial charge in [0, 0.05) is 26.8 Å². The molecule has 1 aliphatic rings. The normalized spacial score (nSPS) is 23.7. The Morgan fingerprint density at radius 1 is 1.60 bits per heavy atom. The molecule has 1 heterocycles. The van der Waals surface area contributed by atoms with Crippen molar-refractivity contribution in [3.63, 3.8) is 0 Å². The van der Waals surface area contributed by atoms with Gasteiger partial charge in [-0.2, -0.15) is 4.98 Å². The Bertz CT molecular complexity index is 339. The first-order valence-electron chi connectivity index (χ1n) is 5.42. The molecule has 0 aliphatic heterocycles. The molecular weight excluding hydrogens is 188 g/mol. The van der Waals surface area contributed by atoms with Crippen LogP contribution in [0.2, 0.25) is 0 Å². The lowest BCUT2D eigenvalue weighted by molar-refractivity contribution is 0.719. The Labute approximate surface area is 90.7 Å². The van der Waals surface area contributed by atoms with E-state index >= 15 is 0 Å². The van der Waals surface area contributed by atoms with Gasteiger partial charge in [-0.25, -0.2) is 4.98 Å². The number of nitrogens with one attached hydrogen (secondary N) is 1. The summed E-state index contributed by atoms with van der Waals surface area (Å²) >= 11 is 0. The van der Waals surface area contributed by atoms with Gasteiger partial charge in [-0.1, -0.05) is 6.92 Å². The maximum atomic E-state index is 4.40. The van der Waals surface area contributed by atoms with Crippen LogP contribution in [0.15, 0.2) is 12.3 Å². The topological polar surface area (TPSA) is 41.1 Å². The highest BCUT2D eigenvalue weighted by Gasteiger charge is 2.33.